The fourth-order valence-electron chi connectivity index (χ4n) is 2.83. The van der Waals surface area contributed by atoms with E-state index in [4.69, 9.17) is 16.0 Å². The molecule has 0 saturated heterocycles. The molecule has 0 spiro atoms. The van der Waals surface area contributed by atoms with Gasteiger partial charge in [-0.1, -0.05) is 41.9 Å². The number of fused-ring (bicyclic) bond motifs is 1. The van der Waals surface area contributed by atoms with Crippen molar-refractivity contribution in [2.45, 2.75) is 19.4 Å². The predicted molar refractivity (Wildman–Crippen MR) is 102 cm³/mol. The number of benzene rings is 2. The van der Waals surface area contributed by atoms with Crippen molar-refractivity contribution in [3.05, 3.63) is 74.6 Å². The maximum absolute atomic E-state index is 12.2. The summed E-state index contributed by atoms with van der Waals surface area (Å²) >= 11 is 5.92. The number of aromatic hydroxyl groups is 1. The van der Waals surface area contributed by atoms with Crippen molar-refractivity contribution in [2.24, 2.45) is 0 Å². The largest absolute Gasteiger partial charge is 0.506 e. The second-order valence-electron chi connectivity index (χ2n) is 6.20. The Morgan fingerprint density at radius 3 is 2.67 bits per heavy atom. The monoisotopic (exact) mass is 387 g/mol. The first kappa shape index (κ1) is 18.9. The van der Waals surface area contributed by atoms with Crippen LogP contribution in [0.25, 0.3) is 11.0 Å². The number of aliphatic hydroxyl groups is 1. The van der Waals surface area contributed by atoms with Gasteiger partial charge in [-0.15, -0.1) is 0 Å². The summed E-state index contributed by atoms with van der Waals surface area (Å²) in [5.74, 6) is -0.600. The van der Waals surface area contributed by atoms with Gasteiger partial charge in [0.2, 0.25) is 5.91 Å². The van der Waals surface area contributed by atoms with E-state index >= 15 is 0 Å². The van der Waals surface area contributed by atoms with Crippen molar-refractivity contribution < 1.29 is 19.4 Å². The second-order valence-corrected chi connectivity index (χ2v) is 6.61. The summed E-state index contributed by atoms with van der Waals surface area (Å²) in [5.41, 5.74) is 0.995. The number of halogens is 1. The zero-order valence-electron chi connectivity index (χ0n) is 14.5. The number of carbonyl (C=O) groups is 1. The van der Waals surface area contributed by atoms with E-state index in [-0.39, 0.29) is 34.9 Å². The zero-order chi connectivity index (χ0) is 19.6. The summed E-state index contributed by atoms with van der Waals surface area (Å²) < 4.78 is 5.20. The normalized spacial score (nSPS) is 12.1. The zero-order valence-corrected chi connectivity index (χ0v) is 15.3. The van der Waals surface area contributed by atoms with Gasteiger partial charge in [-0.2, -0.15) is 0 Å². The van der Waals surface area contributed by atoms with Gasteiger partial charge in [0, 0.05) is 18.0 Å². The lowest BCUT2D eigenvalue weighted by molar-refractivity contribution is -0.120. The Morgan fingerprint density at radius 2 is 1.96 bits per heavy atom. The molecule has 1 aromatic heterocycles. The number of phenolic OH excluding ortho intramolecular Hbond substituents is 1. The van der Waals surface area contributed by atoms with Crippen molar-refractivity contribution in [2.75, 3.05) is 6.54 Å². The number of nitrogens with one attached hydrogen (secondary N) is 1. The molecule has 6 nitrogen and oxygen atoms in total. The van der Waals surface area contributed by atoms with Gasteiger partial charge in [0.25, 0.3) is 0 Å². The number of hydrogen-bond donors (Lipinski definition) is 3. The number of phenols is 1. The first-order valence-electron chi connectivity index (χ1n) is 8.31. The molecule has 0 aliphatic rings. The summed E-state index contributed by atoms with van der Waals surface area (Å²) in [7, 11) is 0. The third kappa shape index (κ3) is 4.13. The molecule has 3 aromatic rings. The summed E-state index contributed by atoms with van der Waals surface area (Å²) in [6.07, 6.45) is -1.03. The highest BCUT2D eigenvalue weighted by Gasteiger charge is 2.17. The van der Waals surface area contributed by atoms with E-state index < -0.39 is 17.6 Å². The van der Waals surface area contributed by atoms with Crippen LogP contribution in [0.4, 0.5) is 0 Å². The third-order valence-corrected chi connectivity index (χ3v) is 4.67. The van der Waals surface area contributed by atoms with Crippen molar-refractivity contribution in [1.29, 1.82) is 0 Å². The molecule has 0 saturated carbocycles. The van der Waals surface area contributed by atoms with Crippen LogP contribution in [0.5, 0.6) is 5.75 Å². The van der Waals surface area contributed by atoms with Crippen LogP contribution in [0.15, 0.2) is 51.7 Å². The molecule has 3 rings (SSSR count). The molecule has 0 bridgehead atoms. The van der Waals surface area contributed by atoms with Gasteiger partial charge in [-0.05, 0) is 24.1 Å². The van der Waals surface area contributed by atoms with Crippen molar-refractivity contribution in [1.82, 2.24) is 5.32 Å². The minimum atomic E-state index is -0.842. The highest BCUT2D eigenvalue weighted by molar-refractivity contribution is 6.32. The molecule has 3 N–H and O–H groups in total. The van der Waals surface area contributed by atoms with Gasteiger partial charge in [-0.25, -0.2) is 4.79 Å². The fraction of sp³-hybridized carbons (Fsp3) is 0.200. The smallest absolute Gasteiger partial charge is 0.340 e. The van der Waals surface area contributed by atoms with E-state index in [0.717, 1.165) is 0 Å². The molecule has 1 atom stereocenters. The number of aliphatic hydroxyl groups excluding tert-OH is 1. The molecular formula is C20H18ClNO5. The molecule has 1 heterocycles. The van der Waals surface area contributed by atoms with Gasteiger partial charge in [0.1, 0.15) is 11.3 Å². The van der Waals surface area contributed by atoms with E-state index in [2.05, 4.69) is 5.32 Å². The van der Waals surface area contributed by atoms with E-state index in [1.165, 1.54) is 12.1 Å². The number of carbonyl (C=O) groups excluding carboxylic acids is 1. The Balaban J connectivity index is 1.77. The molecular weight excluding hydrogens is 370 g/mol. The predicted octanol–water partition coefficient (Wildman–Crippen LogP) is 2.85. The van der Waals surface area contributed by atoms with Gasteiger partial charge in [0.15, 0.2) is 0 Å². The SMILES string of the molecule is Cc1c(CC(=O)NCC(O)c2ccccc2)c(=O)oc2cc(O)c(Cl)cc12. The quantitative estimate of drug-likeness (QED) is 0.584. The van der Waals surface area contributed by atoms with Crippen LogP contribution in [0, 0.1) is 6.92 Å². The van der Waals surface area contributed by atoms with Crippen LogP contribution < -0.4 is 10.9 Å². The van der Waals surface area contributed by atoms with Crippen LogP contribution in [-0.2, 0) is 11.2 Å². The minimum absolute atomic E-state index is 0.0283. The first-order valence-corrected chi connectivity index (χ1v) is 8.69. The van der Waals surface area contributed by atoms with Crippen LogP contribution in [-0.4, -0.2) is 22.7 Å². The molecule has 0 fully saturated rings. The highest BCUT2D eigenvalue weighted by atomic mass is 35.5. The van der Waals surface area contributed by atoms with Crippen LogP contribution in [0.2, 0.25) is 5.02 Å². The third-order valence-electron chi connectivity index (χ3n) is 4.37. The van der Waals surface area contributed by atoms with Crippen LogP contribution in [0.3, 0.4) is 0 Å². The number of hydrogen-bond acceptors (Lipinski definition) is 5. The van der Waals surface area contributed by atoms with Gasteiger partial charge < -0.3 is 19.9 Å². The van der Waals surface area contributed by atoms with Gasteiger partial charge in [-0.3, -0.25) is 4.79 Å². The maximum Gasteiger partial charge on any atom is 0.340 e. The lowest BCUT2D eigenvalue weighted by Gasteiger charge is -2.13. The second kappa shape index (κ2) is 7.82. The average Bonchev–Trinajstić information content (AvgIpc) is 2.66. The Kier molecular flexibility index (Phi) is 5.48. The number of amides is 1. The topological polar surface area (TPSA) is 99.8 Å². The van der Waals surface area contributed by atoms with Crippen molar-refractivity contribution in [3.8, 4) is 5.75 Å². The molecule has 7 heteroatoms. The Labute approximate surface area is 160 Å². The molecule has 0 aliphatic carbocycles. The van der Waals surface area contributed by atoms with E-state index in [0.29, 0.717) is 16.5 Å². The standard InChI is InChI=1S/C20H18ClNO5/c1-11-13-7-15(21)16(23)9-18(13)27-20(26)14(11)8-19(25)22-10-17(24)12-5-3-2-4-6-12/h2-7,9,17,23-24H,8,10H2,1H3,(H,22,25). The van der Waals surface area contributed by atoms with Gasteiger partial charge in [0.05, 0.1) is 23.1 Å². The van der Waals surface area contributed by atoms with Crippen LogP contribution >= 0.6 is 11.6 Å². The van der Waals surface area contributed by atoms with Gasteiger partial charge >= 0.3 is 5.63 Å². The Hall–Kier alpha value is -2.83. The molecule has 0 radical (unpaired) electrons. The van der Waals surface area contributed by atoms with E-state index in [1.807, 2.05) is 6.07 Å². The maximum atomic E-state index is 12.2. The fourth-order valence-corrected chi connectivity index (χ4v) is 2.99. The lowest BCUT2D eigenvalue weighted by atomic mass is 10.0. The van der Waals surface area contributed by atoms with Crippen molar-refractivity contribution >= 4 is 28.5 Å². The Morgan fingerprint density at radius 1 is 1.26 bits per heavy atom. The van der Waals surface area contributed by atoms with E-state index in [9.17, 15) is 19.8 Å². The molecule has 27 heavy (non-hydrogen) atoms. The highest BCUT2D eigenvalue weighted by Crippen LogP contribution is 2.30. The lowest BCUT2D eigenvalue weighted by Crippen LogP contribution is -2.31. The number of aryl methyl sites for hydroxylation is 1. The van der Waals surface area contributed by atoms with Crippen LogP contribution in [0.1, 0.15) is 22.8 Å². The number of rotatable bonds is 5. The van der Waals surface area contributed by atoms with E-state index in [1.54, 1.807) is 31.2 Å². The average molecular weight is 388 g/mol. The summed E-state index contributed by atoms with van der Waals surface area (Å²) in [5, 5.41) is 23.0. The summed E-state index contributed by atoms with van der Waals surface area (Å²) in [4.78, 5) is 24.5. The molecule has 140 valence electrons. The molecule has 1 amide bonds. The first-order chi connectivity index (χ1) is 12.9. The molecule has 2 aromatic carbocycles. The minimum Gasteiger partial charge on any atom is -0.506 e. The Bertz CT molecular complexity index is 1050. The summed E-state index contributed by atoms with van der Waals surface area (Å²) in [6.45, 7) is 1.72. The molecule has 0 aliphatic heterocycles. The summed E-state index contributed by atoms with van der Waals surface area (Å²) in [6, 6.07) is 11.7. The molecule has 1 unspecified atom stereocenters. The van der Waals surface area contributed by atoms with Crippen molar-refractivity contribution in [3.63, 3.8) is 0 Å².